The Morgan fingerprint density at radius 3 is 2.93 bits per heavy atom. The number of carbonyl (C=O) groups is 1. The molecule has 0 aromatic carbocycles. The molecule has 0 aliphatic heterocycles. The summed E-state index contributed by atoms with van der Waals surface area (Å²) in [4.78, 5) is 16.0. The molecule has 0 saturated heterocycles. The summed E-state index contributed by atoms with van der Waals surface area (Å²) in [6.07, 6.45) is 4.17. The first kappa shape index (κ1) is 9.80. The lowest BCUT2D eigenvalue weighted by atomic mass is 9.81. The number of rotatable bonds is 2. The summed E-state index contributed by atoms with van der Waals surface area (Å²) in [5.41, 5.74) is 8.23. The lowest BCUT2D eigenvalue weighted by Gasteiger charge is -2.26. The van der Waals surface area contributed by atoms with E-state index < -0.39 is 0 Å². The van der Waals surface area contributed by atoms with Crippen molar-refractivity contribution in [3.63, 3.8) is 0 Å². The molecule has 0 radical (unpaired) electrons. The van der Waals surface area contributed by atoms with E-state index in [1.165, 1.54) is 11.3 Å². The minimum atomic E-state index is 0.00542. The van der Waals surface area contributed by atoms with Gasteiger partial charge in [0, 0.05) is 17.3 Å². The van der Waals surface area contributed by atoms with Gasteiger partial charge in [-0.05, 0) is 12.8 Å². The maximum absolute atomic E-state index is 11.9. The largest absolute Gasteiger partial charge is 0.327 e. The zero-order chi connectivity index (χ0) is 9.97. The van der Waals surface area contributed by atoms with Crippen LogP contribution in [0.4, 0.5) is 0 Å². The Kier molecular flexibility index (Phi) is 2.93. The Balaban J connectivity index is 2.10. The molecule has 2 N–H and O–H groups in total. The van der Waals surface area contributed by atoms with Gasteiger partial charge in [-0.25, -0.2) is 4.98 Å². The summed E-state index contributed by atoms with van der Waals surface area (Å²) in [5.74, 6) is 0.143. The lowest BCUT2D eigenvalue weighted by molar-refractivity contribution is 0.0866. The Morgan fingerprint density at radius 2 is 2.29 bits per heavy atom. The molecule has 1 aliphatic carbocycles. The van der Waals surface area contributed by atoms with Crippen LogP contribution in [0.2, 0.25) is 0 Å². The minimum absolute atomic E-state index is 0.00542. The van der Waals surface area contributed by atoms with E-state index >= 15 is 0 Å². The predicted molar refractivity (Wildman–Crippen MR) is 56.4 cm³/mol. The molecule has 4 heteroatoms. The van der Waals surface area contributed by atoms with Gasteiger partial charge in [-0.2, -0.15) is 0 Å². The number of hydrogen-bond donors (Lipinski definition) is 1. The Bertz CT molecular complexity index is 310. The van der Waals surface area contributed by atoms with Gasteiger partial charge in [-0.15, -0.1) is 11.3 Å². The first-order valence-corrected chi connectivity index (χ1v) is 5.91. The van der Waals surface area contributed by atoms with Crippen molar-refractivity contribution in [1.29, 1.82) is 0 Å². The lowest BCUT2D eigenvalue weighted by Crippen LogP contribution is -2.38. The number of hydrogen-bond acceptors (Lipinski definition) is 4. The molecular weight excluding hydrogens is 196 g/mol. The van der Waals surface area contributed by atoms with E-state index in [4.69, 9.17) is 5.73 Å². The zero-order valence-corrected chi connectivity index (χ0v) is 8.80. The second kappa shape index (κ2) is 4.19. The molecular formula is C10H14N2OS. The summed E-state index contributed by atoms with van der Waals surface area (Å²) < 4.78 is 0. The summed E-state index contributed by atoms with van der Waals surface area (Å²) in [7, 11) is 0. The van der Waals surface area contributed by atoms with Crippen LogP contribution < -0.4 is 5.73 Å². The van der Waals surface area contributed by atoms with Crippen molar-refractivity contribution in [1.82, 2.24) is 4.98 Å². The topological polar surface area (TPSA) is 56.0 Å². The second-order valence-electron chi connectivity index (χ2n) is 3.79. The third kappa shape index (κ3) is 1.86. The monoisotopic (exact) mass is 210 g/mol. The van der Waals surface area contributed by atoms with Crippen LogP contribution in [0.5, 0.6) is 0 Å². The Morgan fingerprint density at radius 1 is 1.50 bits per heavy atom. The highest BCUT2D eigenvalue weighted by Crippen LogP contribution is 2.26. The predicted octanol–water partition coefficient (Wildman–Crippen LogP) is 1.84. The molecule has 76 valence electrons. The molecule has 2 atom stereocenters. The third-order valence-corrected chi connectivity index (χ3v) is 3.43. The highest BCUT2D eigenvalue weighted by Gasteiger charge is 2.29. The SMILES string of the molecule is NC1CCCCC1C(=O)c1cscn1. The van der Waals surface area contributed by atoms with Gasteiger partial charge < -0.3 is 5.73 Å². The maximum Gasteiger partial charge on any atom is 0.186 e. The summed E-state index contributed by atoms with van der Waals surface area (Å²) in [5, 5.41) is 1.81. The smallest absolute Gasteiger partial charge is 0.186 e. The number of carbonyl (C=O) groups excluding carboxylic acids is 1. The van der Waals surface area contributed by atoms with Crippen molar-refractivity contribution in [2.45, 2.75) is 31.7 Å². The molecule has 1 aromatic heterocycles. The van der Waals surface area contributed by atoms with Gasteiger partial charge in [0.15, 0.2) is 5.78 Å². The number of nitrogens with two attached hydrogens (primary N) is 1. The number of Topliss-reactive ketones (excluding diaryl/α,β-unsaturated/α-hetero) is 1. The number of nitrogens with zero attached hydrogens (tertiary/aromatic N) is 1. The highest BCUT2D eigenvalue weighted by atomic mass is 32.1. The molecule has 2 unspecified atom stereocenters. The van der Waals surface area contributed by atoms with Crippen molar-refractivity contribution in [3.8, 4) is 0 Å². The van der Waals surface area contributed by atoms with Crippen LogP contribution in [0.25, 0.3) is 0 Å². The number of ketones is 1. The molecule has 1 heterocycles. The number of thiazole rings is 1. The zero-order valence-electron chi connectivity index (χ0n) is 7.98. The van der Waals surface area contributed by atoms with E-state index in [0.29, 0.717) is 5.69 Å². The van der Waals surface area contributed by atoms with Crippen molar-refractivity contribution >= 4 is 17.1 Å². The van der Waals surface area contributed by atoms with Crippen LogP contribution in [-0.4, -0.2) is 16.8 Å². The molecule has 0 bridgehead atoms. The maximum atomic E-state index is 11.9. The van der Waals surface area contributed by atoms with Crippen LogP contribution in [0.15, 0.2) is 10.9 Å². The molecule has 3 nitrogen and oxygen atoms in total. The molecule has 1 aliphatic rings. The molecule has 1 fully saturated rings. The van der Waals surface area contributed by atoms with Crippen molar-refractivity contribution in [2.75, 3.05) is 0 Å². The minimum Gasteiger partial charge on any atom is -0.327 e. The van der Waals surface area contributed by atoms with Gasteiger partial charge in [-0.3, -0.25) is 4.79 Å². The summed E-state index contributed by atoms with van der Waals surface area (Å²) in [6.45, 7) is 0. The van der Waals surface area contributed by atoms with Crippen molar-refractivity contribution in [2.24, 2.45) is 11.7 Å². The van der Waals surface area contributed by atoms with E-state index in [1.54, 1.807) is 5.51 Å². The Labute approximate surface area is 87.3 Å². The van der Waals surface area contributed by atoms with Crippen LogP contribution in [0.3, 0.4) is 0 Å². The Hall–Kier alpha value is -0.740. The van der Waals surface area contributed by atoms with Crippen LogP contribution in [-0.2, 0) is 0 Å². The van der Waals surface area contributed by atoms with E-state index in [9.17, 15) is 4.79 Å². The second-order valence-corrected chi connectivity index (χ2v) is 4.51. The standard InChI is InChI=1S/C10H14N2OS/c11-8-4-2-1-3-7(8)10(13)9-5-14-6-12-9/h5-8H,1-4,11H2. The first-order valence-electron chi connectivity index (χ1n) is 4.97. The van der Waals surface area contributed by atoms with E-state index in [2.05, 4.69) is 4.98 Å². The van der Waals surface area contributed by atoms with Gasteiger partial charge >= 0.3 is 0 Å². The molecule has 1 saturated carbocycles. The van der Waals surface area contributed by atoms with Gasteiger partial charge in [0.1, 0.15) is 5.69 Å². The van der Waals surface area contributed by atoms with Crippen LogP contribution in [0, 0.1) is 5.92 Å². The van der Waals surface area contributed by atoms with Gasteiger partial charge in [0.2, 0.25) is 0 Å². The summed E-state index contributed by atoms with van der Waals surface area (Å²) in [6, 6.07) is 0.0398. The molecule has 2 rings (SSSR count). The average molecular weight is 210 g/mol. The third-order valence-electron chi connectivity index (χ3n) is 2.84. The fourth-order valence-corrected chi connectivity index (χ4v) is 2.55. The van der Waals surface area contributed by atoms with Gasteiger partial charge in [0.25, 0.3) is 0 Å². The van der Waals surface area contributed by atoms with Crippen LogP contribution in [0.1, 0.15) is 36.2 Å². The molecule has 14 heavy (non-hydrogen) atoms. The molecule has 0 spiro atoms. The normalized spacial score (nSPS) is 27.5. The quantitative estimate of drug-likeness (QED) is 0.758. The average Bonchev–Trinajstić information content (AvgIpc) is 2.70. The van der Waals surface area contributed by atoms with Crippen LogP contribution >= 0.6 is 11.3 Å². The van der Waals surface area contributed by atoms with Crippen molar-refractivity contribution < 1.29 is 4.79 Å². The first-order chi connectivity index (χ1) is 6.79. The highest BCUT2D eigenvalue weighted by molar-refractivity contribution is 7.07. The number of aromatic nitrogens is 1. The van der Waals surface area contributed by atoms with Crippen molar-refractivity contribution in [3.05, 3.63) is 16.6 Å². The molecule has 0 amide bonds. The van der Waals surface area contributed by atoms with Gasteiger partial charge in [0.05, 0.1) is 5.51 Å². The van der Waals surface area contributed by atoms with Gasteiger partial charge in [-0.1, -0.05) is 12.8 Å². The summed E-state index contributed by atoms with van der Waals surface area (Å²) >= 11 is 1.46. The van der Waals surface area contributed by atoms with E-state index in [-0.39, 0.29) is 17.7 Å². The van der Waals surface area contributed by atoms with E-state index in [1.807, 2.05) is 5.38 Å². The fraction of sp³-hybridized carbons (Fsp3) is 0.600. The fourth-order valence-electron chi connectivity index (χ4n) is 2.01. The molecule has 1 aromatic rings. The van der Waals surface area contributed by atoms with E-state index in [0.717, 1.165) is 25.7 Å².